The number of ketones is 1. The van der Waals surface area contributed by atoms with Crippen molar-refractivity contribution in [2.45, 2.75) is 50.6 Å². The molecule has 1 aliphatic heterocycles. The first-order valence-electron chi connectivity index (χ1n) is 16.3. The number of halogens is 3. The standard InChI is InChI=1S/C37H38F3N5O3/c1-2-3-9-25(27-11-6-12-28(23-27)37(38,39)40)10-5-4-8-24-15-17-26(18-16-24)33-32-34(43-42-33)29-13-7-14-30(31(29)35(32)46)41-36(47)44-45-19-21-48-22-20-45/h2,6-7,11-18,23,25H,1,3-5,8-10,19-22H2,(H,42,43)(H2,41,44,47). The van der Waals surface area contributed by atoms with Crippen molar-refractivity contribution in [3.05, 3.63) is 107 Å². The van der Waals surface area contributed by atoms with Crippen LogP contribution >= 0.6 is 0 Å². The van der Waals surface area contributed by atoms with Crippen molar-refractivity contribution in [1.82, 2.24) is 20.6 Å². The van der Waals surface area contributed by atoms with Gasteiger partial charge in [-0.05, 0) is 61.3 Å². The van der Waals surface area contributed by atoms with Gasteiger partial charge in [-0.2, -0.15) is 18.3 Å². The summed E-state index contributed by atoms with van der Waals surface area (Å²) in [6.45, 7) is 6.02. The summed E-state index contributed by atoms with van der Waals surface area (Å²) in [7, 11) is 0. The number of unbranched alkanes of at least 4 members (excludes halogenated alkanes) is 1. The number of nitrogens with one attached hydrogen (secondary N) is 3. The molecule has 1 saturated heterocycles. The Morgan fingerprint density at radius 1 is 1.02 bits per heavy atom. The van der Waals surface area contributed by atoms with Gasteiger partial charge < -0.3 is 10.1 Å². The van der Waals surface area contributed by atoms with Crippen LogP contribution in [-0.4, -0.2) is 53.3 Å². The molecule has 6 rings (SSSR count). The molecule has 3 N–H and O–H groups in total. The highest BCUT2D eigenvalue weighted by atomic mass is 19.4. The molecule has 4 aromatic rings. The maximum Gasteiger partial charge on any atom is 0.416 e. The van der Waals surface area contributed by atoms with E-state index in [9.17, 15) is 22.8 Å². The van der Waals surface area contributed by atoms with Crippen molar-refractivity contribution >= 4 is 17.5 Å². The average molecular weight is 658 g/mol. The number of H-pyrrole nitrogens is 1. The molecule has 2 aliphatic rings. The number of fused-ring (bicyclic) bond motifs is 3. The number of rotatable bonds is 12. The lowest BCUT2D eigenvalue weighted by molar-refractivity contribution is -0.137. The van der Waals surface area contributed by atoms with E-state index >= 15 is 0 Å². The first-order valence-corrected chi connectivity index (χ1v) is 16.3. The van der Waals surface area contributed by atoms with Crippen molar-refractivity contribution in [3.63, 3.8) is 0 Å². The van der Waals surface area contributed by atoms with E-state index in [4.69, 9.17) is 4.74 Å². The SMILES string of the molecule is C=CCCC(CCCCc1ccc(-c2n[nH]c3c2C(=O)c2c(NC(=O)NN4CCOCC4)cccc2-3)cc1)c1cccc(C(F)(F)F)c1. The number of nitrogens with zero attached hydrogens (tertiary/aromatic N) is 2. The fraction of sp³-hybridized carbons (Fsp3) is 0.324. The number of carbonyl (C=O) groups excluding carboxylic acids is 2. The molecule has 1 aliphatic carbocycles. The van der Waals surface area contributed by atoms with Crippen molar-refractivity contribution in [3.8, 4) is 22.5 Å². The van der Waals surface area contributed by atoms with Crippen LogP contribution in [0.1, 0.15) is 70.6 Å². The first kappa shape index (κ1) is 33.2. The molecule has 11 heteroatoms. The van der Waals surface area contributed by atoms with Crippen LogP contribution < -0.4 is 10.7 Å². The highest BCUT2D eigenvalue weighted by molar-refractivity contribution is 6.26. The molecule has 1 atom stereocenters. The van der Waals surface area contributed by atoms with Crippen molar-refractivity contribution in [2.75, 3.05) is 31.6 Å². The zero-order chi connectivity index (χ0) is 33.7. The summed E-state index contributed by atoms with van der Waals surface area (Å²) in [6, 6.07) is 18.5. The topological polar surface area (TPSA) is 99.3 Å². The zero-order valence-corrected chi connectivity index (χ0v) is 26.5. The Morgan fingerprint density at radius 3 is 2.54 bits per heavy atom. The van der Waals surface area contributed by atoms with Crippen LogP contribution in [0.25, 0.3) is 22.5 Å². The fourth-order valence-corrected chi connectivity index (χ4v) is 6.49. The summed E-state index contributed by atoms with van der Waals surface area (Å²) in [5, 5.41) is 12.1. The summed E-state index contributed by atoms with van der Waals surface area (Å²) < 4.78 is 45.2. The first-order chi connectivity index (χ1) is 23.2. The van der Waals surface area contributed by atoms with Crippen molar-refractivity contribution < 1.29 is 27.5 Å². The van der Waals surface area contributed by atoms with Crippen LogP contribution in [0.5, 0.6) is 0 Å². The van der Waals surface area contributed by atoms with Gasteiger partial charge in [-0.25, -0.2) is 9.80 Å². The Hall–Kier alpha value is -4.74. The number of urea groups is 1. The van der Waals surface area contributed by atoms with Gasteiger partial charge in [0.25, 0.3) is 0 Å². The number of hydrogen-bond donors (Lipinski definition) is 3. The predicted molar refractivity (Wildman–Crippen MR) is 179 cm³/mol. The number of carbonyl (C=O) groups is 2. The molecule has 1 unspecified atom stereocenters. The molecule has 3 aromatic carbocycles. The Balaban J connectivity index is 1.08. The quantitative estimate of drug-likeness (QED) is 0.0930. The molecule has 1 aromatic heterocycles. The number of benzene rings is 3. The summed E-state index contributed by atoms with van der Waals surface area (Å²) in [5.41, 5.74) is 8.02. The maximum atomic E-state index is 13.7. The number of anilines is 1. The minimum atomic E-state index is -4.36. The largest absolute Gasteiger partial charge is 0.416 e. The van der Waals surface area contributed by atoms with E-state index < -0.39 is 17.8 Å². The Labute approximate surface area is 277 Å². The van der Waals surface area contributed by atoms with Crippen LogP contribution in [0.3, 0.4) is 0 Å². The summed E-state index contributed by atoms with van der Waals surface area (Å²) in [4.78, 5) is 26.5. The maximum absolute atomic E-state index is 13.7. The van der Waals surface area contributed by atoms with E-state index in [0.717, 1.165) is 61.3 Å². The third-order valence-corrected chi connectivity index (χ3v) is 8.97. The summed E-state index contributed by atoms with van der Waals surface area (Å²) in [6.07, 6.45) is 2.33. The van der Waals surface area contributed by atoms with E-state index in [1.807, 2.05) is 36.4 Å². The third kappa shape index (κ3) is 7.37. The number of allylic oxidation sites excluding steroid dienone is 1. The Bertz CT molecular complexity index is 1780. The number of aromatic nitrogens is 2. The van der Waals surface area contributed by atoms with Gasteiger partial charge in [0.1, 0.15) is 5.69 Å². The van der Waals surface area contributed by atoms with E-state index in [2.05, 4.69) is 27.5 Å². The van der Waals surface area contributed by atoms with Gasteiger partial charge in [0.15, 0.2) is 5.78 Å². The van der Waals surface area contributed by atoms with E-state index in [1.165, 1.54) is 12.1 Å². The number of amides is 2. The van der Waals surface area contributed by atoms with Gasteiger partial charge in [-0.1, -0.05) is 67.1 Å². The highest BCUT2D eigenvalue weighted by Gasteiger charge is 2.35. The molecular weight excluding hydrogens is 619 g/mol. The molecule has 1 fully saturated rings. The summed E-state index contributed by atoms with van der Waals surface area (Å²) in [5.74, 6) is -0.173. The smallest absolute Gasteiger partial charge is 0.379 e. The number of morpholine rings is 1. The number of alkyl halides is 3. The van der Waals surface area contributed by atoms with E-state index in [1.54, 1.807) is 23.2 Å². The lowest BCUT2D eigenvalue weighted by Gasteiger charge is -2.27. The number of hydrogen-bond acceptors (Lipinski definition) is 5. The predicted octanol–water partition coefficient (Wildman–Crippen LogP) is 8.14. The fourth-order valence-electron chi connectivity index (χ4n) is 6.49. The number of aryl methyl sites for hydroxylation is 1. The number of ether oxygens (including phenoxy) is 1. The van der Waals surface area contributed by atoms with Crippen LogP contribution in [0.15, 0.2) is 79.4 Å². The highest BCUT2D eigenvalue weighted by Crippen LogP contribution is 2.43. The van der Waals surface area contributed by atoms with Gasteiger partial charge in [0.2, 0.25) is 0 Å². The molecule has 2 amide bonds. The Morgan fingerprint density at radius 2 is 1.79 bits per heavy atom. The second-order valence-corrected chi connectivity index (χ2v) is 12.2. The third-order valence-electron chi connectivity index (χ3n) is 8.97. The molecule has 8 nitrogen and oxygen atoms in total. The molecule has 250 valence electrons. The molecule has 0 bridgehead atoms. The number of hydrazine groups is 1. The number of aromatic amines is 1. The van der Waals surface area contributed by atoms with E-state index in [0.29, 0.717) is 60.1 Å². The van der Waals surface area contributed by atoms with Crippen LogP contribution in [0.4, 0.5) is 23.7 Å². The minimum Gasteiger partial charge on any atom is -0.379 e. The molecule has 48 heavy (non-hydrogen) atoms. The van der Waals surface area contributed by atoms with E-state index in [-0.39, 0.29) is 11.7 Å². The second-order valence-electron chi connectivity index (χ2n) is 12.2. The molecule has 0 spiro atoms. The monoisotopic (exact) mass is 657 g/mol. The van der Waals surface area contributed by atoms with Gasteiger partial charge in [0, 0.05) is 24.2 Å². The Kier molecular flexibility index (Phi) is 10.1. The van der Waals surface area contributed by atoms with Crippen molar-refractivity contribution in [2.24, 2.45) is 0 Å². The van der Waals surface area contributed by atoms with Crippen LogP contribution in [0, 0.1) is 0 Å². The van der Waals surface area contributed by atoms with Gasteiger partial charge in [0.05, 0.1) is 41.3 Å². The lowest BCUT2D eigenvalue weighted by atomic mass is 9.88. The van der Waals surface area contributed by atoms with Gasteiger partial charge >= 0.3 is 12.2 Å². The van der Waals surface area contributed by atoms with Crippen LogP contribution in [0.2, 0.25) is 0 Å². The average Bonchev–Trinajstić information content (AvgIpc) is 3.64. The minimum absolute atomic E-state index is 0.0333. The molecular formula is C37H38F3N5O3. The molecule has 0 radical (unpaired) electrons. The van der Waals surface area contributed by atoms with Crippen LogP contribution in [-0.2, 0) is 17.3 Å². The van der Waals surface area contributed by atoms with Crippen molar-refractivity contribution in [1.29, 1.82) is 0 Å². The normalized spacial score (nSPS) is 15.1. The zero-order valence-electron chi connectivity index (χ0n) is 26.5. The van der Waals surface area contributed by atoms with Gasteiger partial charge in [-0.3, -0.25) is 15.3 Å². The molecule has 0 saturated carbocycles. The second kappa shape index (κ2) is 14.6. The molecule has 2 heterocycles. The van der Waals surface area contributed by atoms with Gasteiger partial charge in [-0.15, -0.1) is 6.58 Å². The summed E-state index contributed by atoms with van der Waals surface area (Å²) >= 11 is 0. The lowest BCUT2D eigenvalue weighted by Crippen LogP contribution is -2.49.